The minimum atomic E-state index is 0.672. The summed E-state index contributed by atoms with van der Waals surface area (Å²) in [6, 6.07) is 8.83. The molecule has 0 saturated carbocycles. The van der Waals surface area contributed by atoms with E-state index in [4.69, 9.17) is 0 Å². The van der Waals surface area contributed by atoms with E-state index in [9.17, 15) is 0 Å². The molecule has 0 saturated heterocycles. The highest BCUT2D eigenvalue weighted by molar-refractivity contribution is 14.1. The van der Waals surface area contributed by atoms with E-state index < -0.39 is 0 Å². The van der Waals surface area contributed by atoms with Crippen LogP contribution in [0.1, 0.15) is 36.8 Å². The number of unbranched alkanes of at least 4 members (excludes halogenated alkanes) is 1. The van der Waals surface area contributed by atoms with Gasteiger partial charge in [0.1, 0.15) is 0 Å². The quantitative estimate of drug-likeness (QED) is 0.308. The van der Waals surface area contributed by atoms with Crippen LogP contribution >= 0.6 is 22.6 Å². The summed E-state index contributed by atoms with van der Waals surface area (Å²) >= 11 is 2.46. The van der Waals surface area contributed by atoms with E-state index in [1.807, 2.05) is 6.08 Å². The molecule has 0 radical (unpaired) electrons. The minimum absolute atomic E-state index is 0.672. The number of alkyl halides is 1. The van der Waals surface area contributed by atoms with Crippen LogP contribution < -0.4 is 0 Å². The van der Waals surface area contributed by atoms with Gasteiger partial charge in [-0.25, -0.2) is 0 Å². The maximum atomic E-state index is 3.76. The molecule has 0 aliphatic rings. The summed E-state index contributed by atoms with van der Waals surface area (Å²) < 4.78 is 1.19. The highest BCUT2D eigenvalue weighted by Gasteiger charge is 2.07. The van der Waals surface area contributed by atoms with E-state index in [0.717, 1.165) is 6.42 Å². The van der Waals surface area contributed by atoms with E-state index in [-0.39, 0.29) is 0 Å². The Labute approximate surface area is 107 Å². The minimum Gasteiger partial charge on any atom is -0.103 e. The van der Waals surface area contributed by atoms with Crippen molar-refractivity contribution in [3.63, 3.8) is 0 Å². The maximum absolute atomic E-state index is 3.76. The fourth-order valence-electron chi connectivity index (χ4n) is 1.76. The summed E-state index contributed by atoms with van der Waals surface area (Å²) in [5.74, 6) is 0.672. The van der Waals surface area contributed by atoms with Crippen molar-refractivity contribution < 1.29 is 0 Å². The van der Waals surface area contributed by atoms with Gasteiger partial charge in [0.05, 0.1) is 0 Å². The lowest BCUT2D eigenvalue weighted by molar-refractivity contribution is 0.804. The van der Waals surface area contributed by atoms with Gasteiger partial charge in [-0.2, -0.15) is 0 Å². The van der Waals surface area contributed by atoms with Crippen molar-refractivity contribution in [3.8, 4) is 0 Å². The van der Waals surface area contributed by atoms with E-state index in [1.54, 1.807) is 0 Å². The largest absolute Gasteiger partial charge is 0.103 e. The zero-order valence-electron chi connectivity index (χ0n) is 9.38. The van der Waals surface area contributed by atoms with Crippen molar-refractivity contribution in [1.82, 2.24) is 0 Å². The molecule has 0 N–H and O–H groups in total. The molecule has 1 heteroatoms. The Morgan fingerprint density at radius 1 is 1.40 bits per heavy atom. The molecule has 0 aliphatic carbocycles. The third-order valence-corrected chi connectivity index (χ3v) is 3.99. The third-order valence-electron chi connectivity index (χ3n) is 2.67. The molecule has 1 aromatic carbocycles. The van der Waals surface area contributed by atoms with Crippen LogP contribution in [0, 0.1) is 0 Å². The second-order valence-electron chi connectivity index (χ2n) is 3.94. The zero-order valence-corrected chi connectivity index (χ0v) is 11.5. The van der Waals surface area contributed by atoms with Crippen molar-refractivity contribution >= 4 is 22.6 Å². The maximum Gasteiger partial charge on any atom is 0.00617 e. The molecule has 0 bridgehead atoms. The van der Waals surface area contributed by atoms with E-state index >= 15 is 0 Å². The van der Waals surface area contributed by atoms with Crippen molar-refractivity contribution in [1.29, 1.82) is 0 Å². The molecule has 0 fully saturated rings. The van der Waals surface area contributed by atoms with Crippen molar-refractivity contribution in [2.75, 3.05) is 4.43 Å². The number of benzene rings is 1. The summed E-state index contributed by atoms with van der Waals surface area (Å²) in [6.45, 7) is 6.07. The Morgan fingerprint density at radius 3 is 2.80 bits per heavy atom. The summed E-state index contributed by atoms with van der Waals surface area (Å²) in [5, 5.41) is 0. The monoisotopic (exact) mass is 314 g/mol. The Hall–Kier alpha value is -0.310. The second-order valence-corrected chi connectivity index (χ2v) is 4.82. The van der Waals surface area contributed by atoms with Crippen LogP contribution in [-0.2, 0) is 6.42 Å². The van der Waals surface area contributed by atoms with Gasteiger partial charge in [-0.3, -0.25) is 0 Å². The summed E-state index contributed by atoms with van der Waals surface area (Å²) in [7, 11) is 0. The van der Waals surface area contributed by atoms with Crippen molar-refractivity contribution in [3.05, 3.63) is 48.0 Å². The van der Waals surface area contributed by atoms with Gasteiger partial charge in [-0.15, -0.1) is 6.58 Å². The van der Waals surface area contributed by atoms with Crippen LogP contribution in [0.2, 0.25) is 0 Å². The van der Waals surface area contributed by atoms with Crippen LogP contribution in [0.25, 0.3) is 0 Å². The molecule has 0 heterocycles. The molecule has 1 atom stereocenters. The van der Waals surface area contributed by atoms with E-state index in [0.29, 0.717) is 5.92 Å². The molecule has 1 aromatic rings. The number of allylic oxidation sites excluding steroid dienone is 1. The first kappa shape index (κ1) is 12.8. The predicted octanol–water partition coefficient (Wildman–Crippen LogP) is 4.73. The molecule has 1 unspecified atom stereocenters. The molecular weight excluding hydrogens is 295 g/mol. The molecule has 82 valence electrons. The average Bonchev–Trinajstić information content (AvgIpc) is 2.29. The number of rotatable bonds is 6. The number of hydrogen-bond donors (Lipinski definition) is 0. The Bertz CT molecular complexity index is 304. The Morgan fingerprint density at radius 2 is 2.13 bits per heavy atom. The normalized spacial score (nSPS) is 12.4. The Kier molecular flexibility index (Phi) is 5.99. The van der Waals surface area contributed by atoms with E-state index in [2.05, 4.69) is 60.4 Å². The average molecular weight is 314 g/mol. The third kappa shape index (κ3) is 3.98. The molecule has 0 aliphatic heterocycles. The molecule has 0 nitrogen and oxygen atoms in total. The van der Waals surface area contributed by atoms with Crippen LogP contribution in [-0.4, -0.2) is 4.43 Å². The SMILES string of the molecule is C=CCCCc1ccccc1C(C)CI. The summed E-state index contributed by atoms with van der Waals surface area (Å²) in [4.78, 5) is 0. The lowest BCUT2D eigenvalue weighted by atomic mass is 9.94. The highest BCUT2D eigenvalue weighted by Crippen LogP contribution is 2.23. The topological polar surface area (TPSA) is 0 Å². The van der Waals surface area contributed by atoms with Gasteiger partial charge in [-0.1, -0.05) is 59.9 Å². The van der Waals surface area contributed by atoms with Gasteiger partial charge in [0.15, 0.2) is 0 Å². The van der Waals surface area contributed by atoms with Crippen molar-refractivity contribution in [2.45, 2.75) is 32.1 Å². The van der Waals surface area contributed by atoms with Gasteiger partial charge >= 0.3 is 0 Å². The fourth-order valence-corrected chi connectivity index (χ4v) is 2.24. The van der Waals surface area contributed by atoms with Gasteiger partial charge in [0.25, 0.3) is 0 Å². The first-order valence-electron chi connectivity index (χ1n) is 5.54. The van der Waals surface area contributed by atoms with Crippen molar-refractivity contribution in [2.24, 2.45) is 0 Å². The fraction of sp³-hybridized carbons (Fsp3) is 0.429. The summed E-state index contributed by atoms with van der Waals surface area (Å²) in [5.41, 5.74) is 3.04. The standard InChI is InChI=1S/C14H19I/c1-3-4-5-8-13-9-6-7-10-14(13)12(2)11-15/h3,6-7,9-10,12H,1,4-5,8,11H2,2H3. The molecular formula is C14H19I. The van der Waals surface area contributed by atoms with Crippen LogP contribution in [0.5, 0.6) is 0 Å². The summed E-state index contributed by atoms with van der Waals surface area (Å²) in [6.07, 6.45) is 5.52. The van der Waals surface area contributed by atoms with E-state index in [1.165, 1.54) is 28.4 Å². The zero-order chi connectivity index (χ0) is 11.1. The van der Waals surface area contributed by atoms with Gasteiger partial charge in [-0.05, 0) is 36.3 Å². The predicted molar refractivity (Wildman–Crippen MR) is 76.9 cm³/mol. The Balaban J connectivity index is 2.72. The highest BCUT2D eigenvalue weighted by atomic mass is 127. The van der Waals surface area contributed by atoms with Crippen LogP contribution in [0.3, 0.4) is 0 Å². The molecule has 0 aromatic heterocycles. The van der Waals surface area contributed by atoms with Crippen LogP contribution in [0.15, 0.2) is 36.9 Å². The molecule has 0 spiro atoms. The van der Waals surface area contributed by atoms with Crippen LogP contribution in [0.4, 0.5) is 0 Å². The molecule has 0 amide bonds. The van der Waals surface area contributed by atoms with Gasteiger partial charge in [0, 0.05) is 4.43 Å². The first-order chi connectivity index (χ1) is 7.29. The number of halogens is 1. The first-order valence-corrected chi connectivity index (χ1v) is 7.06. The smallest absolute Gasteiger partial charge is 0.00617 e. The second kappa shape index (κ2) is 7.04. The molecule has 1 rings (SSSR count). The number of aryl methyl sites for hydroxylation is 1. The van der Waals surface area contributed by atoms with Gasteiger partial charge in [0.2, 0.25) is 0 Å². The number of hydrogen-bond acceptors (Lipinski definition) is 0. The van der Waals surface area contributed by atoms with Gasteiger partial charge < -0.3 is 0 Å². The molecule has 15 heavy (non-hydrogen) atoms. The lowest BCUT2D eigenvalue weighted by Gasteiger charge is -2.13. The lowest BCUT2D eigenvalue weighted by Crippen LogP contribution is -2.00.